The number of carbonyl (C=O) groups is 1. The van der Waals surface area contributed by atoms with Gasteiger partial charge in [-0.15, -0.1) is 10.2 Å². The maximum atomic E-state index is 14.1. The first-order chi connectivity index (χ1) is 17.0. The molecule has 3 aliphatic heterocycles. The van der Waals surface area contributed by atoms with Crippen molar-refractivity contribution < 1.29 is 13.6 Å². The Morgan fingerprint density at radius 1 is 1.29 bits per heavy atom. The van der Waals surface area contributed by atoms with Crippen molar-refractivity contribution in [2.45, 2.75) is 38.8 Å². The van der Waals surface area contributed by atoms with Crippen LogP contribution >= 0.6 is 0 Å². The van der Waals surface area contributed by atoms with E-state index in [2.05, 4.69) is 45.1 Å². The van der Waals surface area contributed by atoms with Crippen LogP contribution in [0.15, 0.2) is 58.1 Å². The van der Waals surface area contributed by atoms with Crippen molar-refractivity contribution >= 4 is 11.6 Å². The lowest BCUT2D eigenvalue weighted by molar-refractivity contribution is 0.0669. The van der Waals surface area contributed by atoms with E-state index >= 15 is 0 Å². The van der Waals surface area contributed by atoms with Crippen molar-refractivity contribution in [3.05, 3.63) is 71.7 Å². The predicted molar refractivity (Wildman–Crippen MR) is 123 cm³/mol. The molecule has 6 heterocycles. The SMILES string of the molecule is CC(C)C1=CC=CN2N=C([C@@H]3c4nc[nH]c4CCN3C(=O)c3nnc(-c4ncccc4F)o3)CC12. The van der Waals surface area contributed by atoms with Crippen molar-refractivity contribution in [3.8, 4) is 11.6 Å². The topological polar surface area (TPSA) is 116 Å². The number of aromatic amines is 1. The molecule has 0 fully saturated rings. The minimum atomic E-state index is -0.605. The zero-order chi connectivity index (χ0) is 24.1. The molecule has 0 aromatic carbocycles. The summed E-state index contributed by atoms with van der Waals surface area (Å²) in [4.78, 5) is 26.9. The average Bonchev–Trinajstić information content (AvgIpc) is 3.62. The van der Waals surface area contributed by atoms with E-state index < -0.39 is 17.8 Å². The van der Waals surface area contributed by atoms with E-state index in [9.17, 15) is 9.18 Å². The third-order valence-electron chi connectivity index (χ3n) is 6.62. The van der Waals surface area contributed by atoms with Crippen LogP contribution in [0.25, 0.3) is 11.6 Å². The van der Waals surface area contributed by atoms with Gasteiger partial charge in [-0.1, -0.05) is 19.9 Å². The van der Waals surface area contributed by atoms with E-state index in [4.69, 9.17) is 9.52 Å². The number of H-pyrrole nitrogens is 1. The fourth-order valence-electron chi connectivity index (χ4n) is 4.96. The zero-order valence-corrected chi connectivity index (χ0v) is 19.2. The van der Waals surface area contributed by atoms with Crippen molar-refractivity contribution in [3.63, 3.8) is 0 Å². The minimum absolute atomic E-state index is 0.0966. The van der Waals surface area contributed by atoms with Gasteiger partial charge in [0, 0.05) is 37.5 Å². The molecule has 0 radical (unpaired) electrons. The molecule has 0 spiro atoms. The maximum Gasteiger partial charge on any atom is 0.312 e. The molecule has 10 nitrogen and oxygen atoms in total. The van der Waals surface area contributed by atoms with Crippen LogP contribution in [-0.2, 0) is 6.42 Å². The van der Waals surface area contributed by atoms with Gasteiger partial charge in [0.2, 0.25) is 0 Å². The summed E-state index contributed by atoms with van der Waals surface area (Å²) in [7, 11) is 0. The van der Waals surface area contributed by atoms with E-state index in [0.29, 0.717) is 25.3 Å². The van der Waals surface area contributed by atoms with Gasteiger partial charge in [-0.3, -0.25) is 9.80 Å². The quantitative estimate of drug-likeness (QED) is 0.617. The lowest BCUT2D eigenvalue weighted by Gasteiger charge is -2.34. The van der Waals surface area contributed by atoms with Gasteiger partial charge in [0.1, 0.15) is 6.04 Å². The van der Waals surface area contributed by atoms with Crippen molar-refractivity contribution in [2.75, 3.05) is 6.54 Å². The normalized spacial score (nSPS) is 21.1. The van der Waals surface area contributed by atoms with Crippen LogP contribution in [0.1, 0.15) is 48.4 Å². The van der Waals surface area contributed by atoms with Crippen LogP contribution in [0, 0.1) is 11.7 Å². The van der Waals surface area contributed by atoms with Gasteiger partial charge in [0.25, 0.3) is 5.89 Å². The smallest absolute Gasteiger partial charge is 0.312 e. The number of halogens is 1. The van der Waals surface area contributed by atoms with Gasteiger partial charge in [0.05, 0.1) is 23.8 Å². The van der Waals surface area contributed by atoms with Gasteiger partial charge in [-0.2, -0.15) is 5.10 Å². The van der Waals surface area contributed by atoms with Crippen molar-refractivity contribution in [1.29, 1.82) is 0 Å². The van der Waals surface area contributed by atoms with Crippen LogP contribution in [0.5, 0.6) is 0 Å². The highest BCUT2D eigenvalue weighted by Gasteiger charge is 2.43. The number of nitrogens with zero attached hydrogens (tertiary/aromatic N) is 7. The number of nitrogens with one attached hydrogen (secondary N) is 1. The number of aromatic nitrogens is 5. The highest BCUT2D eigenvalue weighted by molar-refractivity contribution is 5.99. The van der Waals surface area contributed by atoms with Crippen molar-refractivity contribution in [1.82, 2.24) is 35.1 Å². The zero-order valence-electron chi connectivity index (χ0n) is 19.2. The number of fused-ring (bicyclic) bond motifs is 2. The molecule has 6 rings (SSSR count). The highest BCUT2D eigenvalue weighted by Crippen LogP contribution is 2.38. The summed E-state index contributed by atoms with van der Waals surface area (Å²) in [5, 5.41) is 14.6. The third kappa shape index (κ3) is 3.54. The fourth-order valence-corrected chi connectivity index (χ4v) is 4.96. The molecule has 1 N–H and O–H groups in total. The Morgan fingerprint density at radius 3 is 3.00 bits per heavy atom. The van der Waals surface area contributed by atoms with Crippen LogP contribution in [0.3, 0.4) is 0 Å². The molecule has 3 aromatic rings. The number of amides is 1. The summed E-state index contributed by atoms with van der Waals surface area (Å²) in [6.07, 6.45) is 10.4. The molecular formula is C24H23FN8O2. The fraction of sp³-hybridized carbons (Fsp3) is 0.333. The molecular weight excluding hydrogens is 451 g/mol. The second-order valence-corrected chi connectivity index (χ2v) is 9.02. The number of carbonyl (C=O) groups excluding carboxylic acids is 1. The molecule has 178 valence electrons. The summed E-state index contributed by atoms with van der Waals surface area (Å²) in [5.74, 6) is -1.07. The first kappa shape index (κ1) is 21.4. The third-order valence-corrected chi connectivity index (χ3v) is 6.62. The number of allylic oxidation sites excluding steroid dienone is 2. The largest absolute Gasteiger partial charge is 0.411 e. The molecule has 1 unspecified atom stereocenters. The molecule has 2 atom stereocenters. The Labute approximate surface area is 200 Å². The Kier molecular flexibility index (Phi) is 5.05. The van der Waals surface area contributed by atoms with Crippen LogP contribution < -0.4 is 0 Å². The molecule has 11 heteroatoms. The summed E-state index contributed by atoms with van der Waals surface area (Å²) in [5.41, 5.74) is 3.77. The van der Waals surface area contributed by atoms with E-state index in [0.717, 1.165) is 17.1 Å². The van der Waals surface area contributed by atoms with Crippen LogP contribution in [0.4, 0.5) is 4.39 Å². The molecule has 0 saturated heterocycles. The van der Waals surface area contributed by atoms with Crippen LogP contribution in [-0.4, -0.2) is 59.3 Å². The van der Waals surface area contributed by atoms with Crippen molar-refractivity contribution in [2.24, 2.45) is 11.0 Å². The number of pyridine rings is 1. The Morgan fingerprint density at radius 2 is 2.17 bits per heavy atom. The summed E-state index contributed by atoms with van der Waals surface area (Å²) in [6.45, 7) is 4.75. The summed E-state index contributed by atoms with van der Waals surface area (Å²) in [6, 6.07) is 2.34. The predicted octanol–water partition coefficient (Wildman–Crippen LogP) is 3.27. The summed E-state index contributed by atoms with van der Waals surface area (Å²) < 4.78 is 19.7. The lowest BCUT2D eigenvalue weighted by atomic mass is 9.88. The number of hydrogen-bond acceptors (Lipinski definition) is 8. The second-order valence-electron chi connectivity index (χ2n) is 9.02. The highest BCUT2D eigenvalue weighted by atomic mass is 19.1. The van der Waals surface area contributed by atoms with Gasteiger partial charge in [0.15, 0.2) is 11.5 Å². The van der Waals surface area contributed by atoms with E-state index in [-0.39, 0.29) is 23.5 Å². The van der Waals surface area contributed by atoms with E-state index in [1.54, 1.807) is 11.2 Å². The molecule has 0 saturated carbocycles. The summed E-state index contributed by atoms with van der Waals surface area (Å²) >= 11 is 0. The molecule has 1 amide bonds. The standard InChI is InChI=1S/C24H23FN8O2/c1-13(2)14-5-4-9-33-18(14)11-17(31-33)21-20-16(27-12-28-20)7-10-32(21)24(34)23-30-29-22(35-23)19-15(25)6-3-8-26-19/h3-6,8-9,12-13,18,21H,7,10-11H2,1-2H3,(H,27,28)/t18?,21-/m1/s1. The maximum absolute atomic E-state index is 14.1. The molecule has 35 heavy (non-hydrogen) atoms. The van der Waals surface area contributed by atoms with Gasteiger partial charge < -0.3 is 14.3 Å². The molecule has 3 aliphatic rings. The Balaban J connectivity index is 1.34. The first-order valence-electron chi connectivity index (χ1n) is 11.5. The Bertz CT molecular complexity index is 1390. The number of hydrazone groups is 1. The number of imidazole rings is 1. The second kappa shape index (κ2) is 8.26. The lowest BCUT2D eigenvalue weighted by Crippen LogP contribution is -2.44. The molecule has 0 aliphatic carbocycles. The first-order valence-corrected chi connectivity index (χ1v) is 11.5. The average molecular weight is 475 g/mol. The number of hydrogen-bond donors (Lipinski definition) is 1. The van der Waals surface area contributed by atoms with E-state index in [1.165, 1.54) is 23.9 Å². The monoisotopic (exact) mass is 474 g/mol. The number of rotatable bonds is 4. The Hall–Kier alpha value is -4.15. The van der Waals surface area contributed by atoms with Crippen LogP contribution in [0.2, 0.25) is 0 Å². The minimum Gasteiger partial charge on any atom is -0.411 e. The van der Waals surface area contributed by atoms with Gasteiger partial charge in [-0.25, -0.2) is 14.4 Å². The molecule has 3 aromatic heterocycles. The van der Waals surface area contributed by atoms with Gasteiger partial charge >= 0.3 is 11.8 Å². The van der Waals surface area contributed by atoms with E-state index in [1.807, 2.05) is 17.3 Å². The molecule has 0 bridgehead atoms. The van der Waals surface area contributed by atoms with Gasteiger partial charge in [-0.05, 0) is 29.7 Å².